The third-order valence-electron chi connectivity index (χ3n) is 4.56. The van der Waals surface area contributed by atoms with Gasteiger partial charge in [-0.25, -0.2) is 4.98 Å². The van der Waals surface area contributed by atoms with E-state index < -0.39 is 0 Å². The van der Waals surface area contributed by atoms with E-state index in [2.05, 4.69) is 9.97 Å². The number of thiazole rings is 1. The van der Waals surface area contributed by atoms with Gasteiger partial charge < -0.3 is 0 Å². The van der Waals surface area contributed by atoms with Gasteiger partial charge in [0.15, 0.2) is 5.13 Å². The van der Waals surface area contributed by atoms with Crippen LogP contribution in [0.3, 0.4) is 0 Å². The third-order valence-corrected chi connectivity index (χ3v) is 5.60. The highest BCUT2D eigenvalue weighted by molar-refractivity contribution is 7.22. The van der Waals surface area contributed by atoms with Gasteiger partial charge in [0.1, 0.15) is 6.54 Å². The van der Waals surface area contributed by atoms with E-state index in [1.165, 1.54) is 16.2 Å². The lowest BCUT2D eigenvalue weighted by atomic mass is 10.2. The zero-order chi connectivity index (χ0) is 19.7. The number of carbonyl (C=O) groups is 3. The number of aromatic nitrogens is 2. The average Bonchev–Trinajstić information content (AvgIpc) is 3.24. The van der Waals surface area contributed by atoms with E-state index in [1.54, 1.807) is 12.3 Å². The first-order valence-electron chi connectivity index (χ1n) is 8.92. The van der Waals surface area contributed by atoms with Gasteiger partial charge in [0.25, 0.3) is 0 Å². The minimum atomic E-state index is -0.356. The Morgan fingerprint density at radius 1 is 1.18 bits per heavy atom. The maximum Gasteiger partial charge on any atom is 0.249 e. The van der Waals surface area contributed by atoms with Crippen molar-refractivity contribution in [3.63, 3.8) is 0 Å². The molecule has 3 amide bonds. The average molecular weight is 394 g/mol. The summed E-state index contributed by atoms with van der Waals surface area (Å²) in [4.78, 5) is 48.3. The fourth-order valence-electron chi connectivity index (χ4n) is 3.07. The molecule has 3 heterocycles. The molecule has 0 aliphatic carbocycles. The van der Waals surface area contributed by atoms with E-state index in [-0.39, 0.29) is 43.7 Å². The molecule has 0 N–H and O–H groups in total. The minimum Gasteiger partial charge on any atom is -0.280 e. The number of imide groups is 1. The van der Waals surface area contributed by atoms with E-state index in [4.69, 9.17) is 0 Å². The van der Waals surface area contributed by atoms with Gasteiger partial charge in [-0.1, -0.05) is 23.5 Å². The summed E-state index contributed by atoms with van der Waals surface area (Å²) in [5, 5.41) is 0.523. The van der Waals surface area contributed by atoms with Crippen LogP contribution in [0.4, 0.5) is 5.13 Å². The molecular weight excluding hydrogens is 376 g/mol. The molecule has 142 valence electrons. The second-order valence-electron chi connectivity index (χ2n) is 6.64. The number of pyridine rings is 1. The van der Waals surface area contributed by atoms with Gasteiger partial charge in [0, 0.05) is 19.0 Å². The fourth-order valence-corrected chi connectivity index (χ4v) is 4.15. The maximum atomic E-state index is 13.1. The summed E-state index contributed by atoms with van der Waals surface area (Å²) < 4.78 is 0.974. The topological polar surface area (TPSA) is 83.5 Å². The van der Waals surface area contributed by atoms with Crippen LogP contribution in [0.5, 0.6) is 0 Å². The van der Waals surface area contributed by atoms with Gasteiger partial charge in [-0.2, -0.15) is 0 Å². The van der Waals surface area contributed by atoms with Crippen molar-refractivity contribution in [2.24, 2.45) is 0 Å². The first kappa shape index (κ1) is 18.2. The highest BCUT2D eigenvalue weighted by Gasteiger charge is 2.33. The lowest BCUT2D eigenvalue weighted by Gasteiger charge is -2.22. The van der Waals surface area contributed by atoms with Crippen molar-refractivity contribution in [1.29, 1.82) is 0 Å². The van der Waals surface area contributed by atoms with Crippen molar-refractivity contribution in [2.75, 3.05) is 11.4 Å². The quantitative estimate of drug-likeness (QED) is 0.621. The number of rotatable bonds is 5. The zero-order valence-electron chi connectivity index (χ0n) is 15.3. The van der Waals surface area contributed by atoms with Crippen molar-refractivity contribution in [1.82, 2.24) is 14.9 Å². The lowest BCUT2D eigenvalue weighted by Crippen LogP contribution is -2.42. The molecule has 1 aliphatic heterocycles. The summed E-state index contributed by atoms with van der Waals surface area (Å²) in [6.07, 6.45) is 1.98. The first-order chi connectivity index (χ1) is 13.5. The Bertz CT molecular complexity index is 1050. The van der Waals surface area contributed by atoms with Crippen molar-refractivity contribution < 1.29 is 14.4 Å². The molecule has 1 saturated heterocycles. The Morgan fingerprint density at radius 2 is 1.96 bits per heavy atom. The molecule has 7 nitrogen and oxygen atoms in total. The van der Waals surface area contributed by atoms with Crippen molar-refractivity contribution in [3.05, 3.63) is 53.9 Å². The van der Waals surface area contributed by atoms with Crippen molar-refractivity contribution in [3.8, 4) is 0 Å². The summed E-state index contributed by atoms with van der Waals surface area (Å²) in [5.74, 6) is -0.975. The number of benzene rings is 1. The summed E-state index contributed by atoms with van der Waals surface area (Å²) in [7, 11) is 0. The summed E-state index contributed by atoms with van der Waals surface area (Å²) >= 11 is 1.40. The molecule has 3 aromatic rings. The van der Waals surface area contributed by atoms with Crippen molar-refractivity contribution >= 4 is 44.4 Å². The van der Waals surface area contributed by atoms with Crippen LogP contribution in [0.15, 0.2) is 42.6 Å². The number of aryl methyl sites for hydroxylation is 1. The highest BCUT2D eigenvalue weighted by Crippen LogP contribution is 2.30. The molecule has 0 saturated carbocycles. The van der Waals surface area contributed by atoms with E-state index >= 15 is 0 Å². The van der Waals surface area contributed by atoms with E-state index in [0.717, 1.165) is 20.7 Å². The summed E-state index contributed by atoms with van der Waals surface area (Å²) in [6.45, 7) is 1.94. The van der Waals surface area contributed by atoms with Crippen LogP contribution in [0.2, 0.25) is 0 Å². The number of amides is 3. The molecule has 1 fully saturated rings. The number of nitrogens with zero attached hydrogens (tertiary/aromatic N) is 4. The van der Waals surface area contributed by atoms with Gasteiger partial charge in [-0.15, -0.1) is 0 Å². The molecule has 1 aliphatic rings. The van der Waals surface area contributed by atoms with Crippen LogP contribution in [-0.2, 0) is 20.9 Å². The van der Waals surface area contributed by atoms with Crippen LogP contribution in [0, 0.1) is 6.92 Å². The standard InChI is InChI=1S/C20H18N4O3S/c1-13-5-6-15-16(10-13)28-20(22-15)24(11-14-4-2-3-9-21-14)19(27)12-23-17(25)7-8-18(23)26/h2-6,9-10H,7-8,11-12H2,1H3. The molecular formula is C20H18N4O3S. The Labute approximate surface area is 165 Å². The maximum absolute atomic E-state index is 13.1. The third kappa shape index (κ3) is 3.63. The van der Waals surface area contributed by atoms with E-state index in [9.17, 15) is 14.4 Å². The molecule has 0 spiro atoms. The number of anilines is 1. The van der Waals surface area contributed by atoms with E-state index in [0.29, 0.717) is 10.8 Å². The summed E-state index contributed by atoms with van der Waals surface area (Å²) in [6, 6.07) is 11.4. The zero-order valence-corrected chi connectivity index (χ0v) is 16.1. The minimum absolute atomic E-state index is 0.159. The molecule has 0 unspecified atom stereocenters. The SMILES string of the molecule is Cc1ccc2nc(N(Cc3ccccn3)C(=O)CN3C(=O)CCC3=O)sc2c1. The van der Waals surface area contributed by atoms with Crippen LogP contribution in [0.25, 0.3) is 10.2 Å². The van der Waals surface area contributed by atoms with Crippen LogP contribution < -0.4 is 4.90 Å². The van der Waals surface area contributed by atoms with Crippen LogP contribution in [0.1, 0.15) is 24.1 Å². The second-order valence-corrected chi connectivity index (χ2v) is 7.65. The van der Waals surface area contributed by atoms with Gasteiger partial charge >= 0.3 is 0 Å². The molecule has 8 heteroatoms. The molecule has 0 bridgehead atoms. The van der Waals surface area contributed by atoms with Gasteiger partial charge in [-0.05, 0) is 36.8 Å². The Kier molecular flexibility index (Phi) is 4.87. The van der Waals surface area contributed by atoms with Gasteiger partial charge in [0.05, 0.1) is 22.5 Å². The van der Waals surface area contributed by atoms with Gasteiger partial charge in [-0.3, -0.25) is 29.2 Å². The van der Waals surface area contributed by atoms with E-state index in [1.807, 2.05) is 37.3 Å². The van der Waals surface area contributed by atoms with Gasteiger partial charge in [0.2, 0.25) is 17.7 Å². The Hall–Kier alpha value is -3.13. The molecule has 4 rings (SSSR count). The summed E-state index contributed by atoms with van der Waals surface area (Å²) in [5.41, 5.74) is 2.61. The second kappa shape index (κ2) is 7.47. The molecule has 2 aromatic heterocycles. The Morgan fingerprint density at radius 3 is 2.68 bits per heavy atom. The highest BCUT2D eigenvalue weighted by atomic mass is 32.1. The number of hydrogen-bond acceptors (Lipinski definition) is 6. The smallest absolute Gasteiger partial charge is 0.249 e. The van der Waals surface area contributed by atoms with Crippen LogP contribution in [-0.4, -0.2) is 39.1 Å². The normalized spacial score (nSPS) is 14.1. The number of fused-ring (bicyclic) bond motifs is 1. The predicted molar refractivity (Wildman–Crippen MR) is 106 cm³/mol. The van der Waals surface area contributed by atoms with Crippen LogP contribution >= 0.6 is 11.3 Å². The number of carbonyl (C=O) groups excluding carboxylic acids is 3. The predicted octanol–water partition coefficient (Wildman–Crippen LogP) is 2.68. The molecule has 0 atom stereocenters. The molecule has 1 aromatic carbocycles. The Balaban J connectivity index is 1.67. The fraction of sp³-hybridized carbons (Fsp3) is 0.250. The number of likely N-dealkylation sites (tertiary alicyclic amines) is 1. The molecule has 28 heavy (non-hydrogen) atoms. The van der Waals surface area contributed by atoms with Crippen molar-refractivity contribution in [2.45, 2.75) is 26.3 Å². The lowest BCUT2D eigenvalue weighted by molar-refractivity contribution is -0.141. The monoisotopic (exact) mass is 394 g/mol. The number of hydrogen-bond donors (Lipinski definition) is 0. The molecule has 0 radical (unpaired) electrons. The first-order valence-corrected chi connectivity index (χ1v) is 9.73. The largest absolute Gasteiger partial charge is 0.280 e.